The van der Waals surface area contributed by atoms with Gasteiger partial charge < -0.3 is 5.11 Å². The summed E-state index contributed by atoms with van der Waals surface area (Å²) in [6, 6.07) is 16.9. The van der Waals surface area contributed by atoms with Crippen molar-refractivity contribution in [2.45, 2.75) is 6.54 Å². The summed E-state index contributed by atoms with van der Waals surface area (Å²) < 4.78 is 0.663. The fraction of sp³-hybridized carbons (Fsp3) is 0.0476. The lowest BCUT2D eigenvalue weighted by atomic mass is 10.0. The van der Waals surface area contributed by atoms with Crippen LogP contribution in [0.5, 0.6) is 5.75 Å². The summed E-state index contributed by atoms with van der Waals surface area (Å²) >= 11 is 10.1. The molecule has 140 valence electrons. The minimum Gasteiger partial charge on any atom is -0.506 e. The molecule has 1 heterocycles. The maximum atomic E-state index is 12.8. The molecule has 4 rings (SSSR count). The van der Waals surface area contributed by atoms with Crippen molar-refractivity contribution in [2.24, 2.45) is 0 Å². The van der Waals surface area contributed by atoms with Gasteiger partial charge in [0.25, 0.3) is 11.1 Å². The first kappa shape index (κ1) is 19.1. The van der Waals surface area contributed by atoms with Crippen molar-refractivity contribution in [1.29, 1.82) is 0 Å². The van der Waals surface area contributed by atoms with Crippen LogP contribution in [0.15, 0.2) is 64.0 Å². The van der Waals surface area contributed by atoms with Crippen molar-refractivity contribution in [3.63, 3.8) is 0 Å². The Morgan fingerprint density at radius 1 is 1.11 bits per heavy atom. The lowest BCUT2D eigenvalue weighted by molar-refractivity contribution is -0.123. The van der Waals surface area contributed by atoms with Crippen LogP contribution in [0.2, 0.25) is 5.02 Å². The molecule has 0 saturated carbocycles. The van der Waals surface area contributed by atoms with Crippen LogP contribution in [0.4, 0.5) is 4.79 Å². The first-order chi connectivity index (χ1) is 13.4. The Labute approximate surface area is 178 Å². The molecule has 0 unspecified atom stereocenters. The van der Waals surface area contributed by atoms with Crippen LogP contribution in [0, 0.1) is 0 Å². The maximum Gasteiger partial charge on any atom is 0.293 e. The minimum absolute atomic E-state index is 0.134. The number of benzene rings is 3. The van der Waals surface area contributed by atoms with Gasteiger partial charge in [0.15, 0.2) is 0 Å². The lowest BCUT2D eigenvalue weighted by Gasteiger charge is -2.14. The largest absolute Gasteiger partial charge is 0.506 e. The number of thioether (sulfide) groups is 1. The van der Waals surface area contributed by atoms with Gasteiger partial charge in [-0.15, -0.1) is 0 Å². The molecule has 0 aliphatic carbocycles. The molecule has 0 spiro atoms. The molecule has 0 bridgehead atoms. The number of hydrogen-bond donors (Lipinski definition) is 1. The SMILES string of the molecule is O=C1S/C(=C\c2cc(Br)cc(Cl)c2O)C(=O)N1Cc1cccc2ccccc12. The molecular weight excluding hydrogens is 462 g/mol. The topological polar surface area (TPSA) is 57.6 Å². The molecule has 0 aromatic heterocycles. The molecule has 1 fully saturated rings. The van der Waals surface area contributed by atoms with Gasteiger partial charge in [0.2, 0.25) is 0 Å². The van der Waals surface area contributed by atoms with Gasteiger partial charge in [-0.25, -0.2) is 0 Å². The standard InChI is InChI=1S/C21H13BrClNO3S/c22-15-8-14(19(25)17(23)10-15)9-18-20(26)24(21(27)28-18)11-13-6-3-5-12-4-1-2-7-16(12)13/h1-10,25H,11H2/b18-9-. The molecule has 1 N–H and O–H groups in total. The molecule has 3 aromatic carbocycles. The zero-order chi connectivity index (χ0) is 19.8. The van der Waals surface area contributed by atoms with E-state index < -0.39 is 5.91 Å². The highest BCUT2D eigenvalue weighted by Crippen LogP contribution is 2.38. The van der Waals surface area contributed by atoms with Crippen LogP contribution in [0.25, 0.3) is 16.8 Å². The van der Waals surface area contributed by atoms with Gasteiger partial charge in [0.05, 0.1) is 16.5 Å². The summed E-state index contributed by atoms with van der Waals surface area (Å²) in [7, 11) is 0. The second-order valence-corrected chi connectivity index (χ2v) is 8.55. The quantitative estimate of drug-likeness (QED) is 0.459. The first-order valence-corrected chi connectivity index (χ1v) is 10.3. The van der Waals surface area contributed by atoms with Crippen molar-refractivity contribution in [1.82, 2.24) is 4.90 Å². The van der Waals surface area contributed by atoms with E-state index in [1.165, 1.54) is 11.0 Å². The van der Waals surface area contributed by atoms with Gasteiger partial charge in [0.1, 0.15) is 5.75 Å². The normalized spacial score (nSPS) is 15.8. The van der Waals surface area contributed by atoms with Gasteiger partial charge in [-0.05, 0) is 46.3 Å². The highest BCUT2D eigenvalue weighted by atomic mass is 79.9. The number of amides is 2. The zero-order valence-electron chi connectivity index (χ0n) is 14.4. The highest BCUT2D eigenvalue weighted by Gasteiger charge is 2.35. The van der Waals surface area contributed by atoms with Crippen molar-refractivity contribution < 1.29 is 14.7 Å². The number of imide groups is 1. The number of rotatable bonds is 3. The fourth-order valence-electron chi connectivity index (χ4n) is 3.07. The Morgan fingerprint density at radius 2 is 1.86 bits per heavy atom. The Hall–Kier alpha value is -2.28. The van der Waals surface area contributed by atoms with Crippen LogP contribution in [0.3, 0.4) is 0 Å². The summed E-state index contributed by atoms with van der Waals surface area (Å²) in [4.78, 5) is 26.8. The Kier molecular flexibility index (Phi) is 5.19. The van der Waals surface area contributed by atoms with E-state index in [0.717, 1.165) is 28.1 Å². The van der Waals surface area contributed by atoms with Crippen LogP contribution < -0.4 is 0 Å². The summed E-state index contributed by atoms with van der Waals surface area (Å²) in [5.74, 6) is -0.524. The van der Waals surface area contributed by atoms with Crippen molar-refractivity contribution in [3.05, 3.63) is 80.1 Å². The second kappa shape index (κ2) is 7.62. The van der Waals surface area contributed by atoms with E-state index in [4.69, 9.17) is 11.6 Å². The Balaban J connectivity index is 1.66. The molecule has 1 aliphatic rings. The van der Waals surface area contributed by atoms with Gasteiger partial charge in [-0.3, -0.25) is 14.5 Å². The smallest absolute Gasteiger partial charge is 0.293 e. The highest BCUT2D eigenvalue weighted by molar-refractivity contribution is 9.10. The Bertz CT molecular complexity index is 1160. The van der Waals surface area contributed by atoms with Gasteiger partial charge >= 0.3 is 0 Å². The number of hydrogen-bond acceptors (Lipinski definition) is 4. The summed E-state index contributed by atoms with van der Waals surface area (Å²) in [6.07, 6.45) is 1.49. The van der Waals surface area contributed by atoms with E-state index in [2.05, 4.69) is 15.9 Å². The fourth-order valence-corrected chi connectivity index (χ4v) is 4.74. The van der Waals surface area contributed by atoms with Crippen molar-refractivity contribution in [2.75, 3.05) is 0 Å². The van der Waals surface area contributed by atoms with E-state index >= 15 is 0 Å². The molecule has 2 amide bonds. The first-order valence-electron chi connectivity index (χ1n) is 8.34. The number of phenols is 1. The average molecular weight is 475 g/mol. The van der Waals surface area contributed by atoms with Gasteiger partial charge in [0, 0.05) is 10.0 Å². The molecule has 1 aliphatic heterocycles. The third-order valence-electron chi connectivity index (χ3n) is 4.43. The van der Waals surface area contributed by atoms with E-state index in [9.17, 15) is 14.7 Å². The number of carbonyl (C=O) groups excluding carboxylic acids is 2. The summed E-state index contributed by atoms with van der Waals surface area (Å²) in [5, 5.41) is 12.0. The predicted octanol–water partition coefficient (Wildman–Crippen LogP) is 6.20. The second-order valence-electron chi connectivity index (χ2n) is 6.23. The number of aromatic hydroxyl groups is 1. The van der Waals surface area contributed by atoms with Gasteiger partial charge in [-0.1, -0.05) is 70.0 Å². The number of fused-ring (bicyclic) bond motifs is 1. The monoisotopic (exact) mass is 473 g/mol. The van der Waals surface area contributed by atoms with E-state index in [0.29, 0.717) is 10.0 Å². The maximum absolute atomic E-state index is 12.8. The molecule has 0 atom stereocenters. The van der Waals surface area contributed by atoms with Crippen molar-refractivity contribution in [3.8, 4) is 5.75 Å². The minimum atomic E-state index is -0.390. The molecule has 0 radical (unpaired) electrons. The summed E-state index contributed by atoms with van der Waals surface area (Å²) in [6.45, 7) is 0.189. The molecule has 28 heavy (non-hydrogen) atoms. The van der Waals surface area contributed by atoms with Crippen molar-refractivity contribution >= 4 is 67.3 Å². The lowest BCUT2D eigenvalue weighted by Crippen LogP contribution is -2.27. The van der Waals surface area contributed by atoms with E-state index in [1.807, 2.05) is 42.5 Å². The average Bonchev–Trinajstić information content (AvgIpc) is 2.93. The number of phenolic OH excluding ortho intramolecular Hbond substituents is 1. The van der Waals surface area contributed by atoms with Crippen LogP contribution in [-0.2, 0) is 11.3 Å². The van der Waals surface area contributed by atoms with E-state index in [1.54, 1.807) is 12.1 Å². The van der Waals surface area contributed by atoms with Crippen LogP contribution in [-0.4, -0.2) is 21.2 Å². The third-order valence-corrected chi connectivity index (χ3v) is 6.08. The van der Waals surface area contributed by atoms with E-state index in [-0.39, 0.29) is 27.5 Å². The number of carbonyl (C=O) groups is 2. The molecule has 4 nitrogen and oxygen atoms in total. The number of nitrogens with zero attached hydrogens (tertiary/aromatic N) is 1. The number of halogens is 2. The third kappa shape index (κ3) is 3.55. The summed E-state index contributed by atoms with van der Waals surface area (Å²) in [5.41, 5.74) is 1.27. The van der Waals surface area contributed by atoms with Crippen LogP contribution in [0.1, 0.15) is 11.1 Å². The molecule has 3 aromatic rings. The Morgan fingerprint density at radius 3 is 2.68 bits per heavy atom. The van der Waals surface area contributed by atoms with Gasteiger partial charge in [-0.2, -0.15) is 0 Å². The van der Waals surface area contributed by atoms with Crippen LogP contribution >= 0.6 is 39.3 Å². The zero-order valence-corrected chi connectivity index (χ0v) is 17.5. The molecule has 7 heteroatoms. The molecule has 1 saturated heterocycles. The molecular formula is C21H13BrClNO3S. The predicted molar refractivity (Wildman–Crippen MR) is 116 cm³/mol.